The third-order valence-corrected chi connectivity index (χ3v) is 5.99. The van der Waals surface area contributed by atoms with Crippen molar-refractivity contribution in [2.75, 3.05) is 26.2 Å². The number of carbonyl (C=O) groups excluding carboxylic acids is 1. The van der Waals surface area contributed by atoms with Crippen LogP contribution < -0.4 is 0 Å². The van der Waals surface area contributed by atoms with Gasteiger partial charge in [0.05, 0.1) is 0 Å². The van der Waals surface area contributed by atoms with Crippen LogP contribution in [0.1, 0.15) is 31.2 Å². The van der Waals surface area contributed by atoms with Crippen LogP contribution in [0.15, 0.2) is 30.3 Å². The van der Waals surface area contributed by atoms with Crippen LogP contribution in [0.4, 0.5) is 0 Å². The minimum atomic E-state index is 0.361. The molecule has 0 N–H and O–H groups in total. The van der Waals surface area contributed by atoms with Gasteiger partial charge in [0.2, 0.25) is 5.91 Å². The Labute approximate surface area is 133 Å². The van der Waals surface area contributed by atoms with E-state index in [0.29, 0.717) is 17.7 Å². The lowest BCUT2D eigenvalue weighted by atomic mass is 9.87. The van der Waals surface area contributed by atoms with Crippen molar-refractivity contribution < 1.29 is 4.79 Å². The summed E-state index contributed by atoms with van der Waals surface area (Å²) in [5, 5.41) is 0. The molecule has 1 aromatic rings. The molecule has 0 radical (unpaired) electrons. The number of nitrogens with zero attached hydrogens (tertiary/aromatic N) is 2. The lowest BCUT2D eigenvalue weighted by Gasteiger charge is -2.37. The highest BCUT2D eigenvalue weighted by Gasteiger charge is 2.44. The normalized spacial score (nSPS) is 31.6. The Bertz CT molecular complexity index is 521. The fourth-order valence-corrected chi connectivity index (χ4v) is 4.75. The van der Waals surface area contributed by atoms with E-state index in [9.17, 15) is 4.79 Å². The molecular weight excluding hydrogens is 272 g/mol. The van der Waals surface area contributed by atoms with E-state index in [2.05, 4.69) is 40.1 Å². The SMILES string of the molecule is O=C(C1CC2CCC1C2)N1CCN(Cc2ccccc2)CC1. The molecule has 1 aromatic carbocycles. The summed E-state index contributed by atoms with van der Waals surface area (Å²) < 4.78 is 0. The second kappa shape index (κ2) is 6.04. The van der Waals surface area contributed by atoms with Gasteiger partial charge in [0.1, 0.15) is 0 Å². The molecular formula is C19H26N2O. The minimum absolute atomic E-state index is 0.361. The van der Waals surface area contributed by atoms with Crippen molar-refractivity contribution in [2.24, 2.45) is 17.8 Å². The predicted molar refractivity (Wildman–Crippen MR) is 87.2 cm³/mol. The van der Waals surface area contributed by atoms with Crippen LogP contribution in [0.3, 0.4) is 0 Å². The van der Waals surface area contributed by atoms with Gasteiger partial charge in [0.15, 0.2) is 0 Å². The molecule has 0 spiro atoms. The van der Waals surface area contributed by atoms with Gasteiger partial charge in [-0.15, -0.1) is 0 Å². The summed E-state index contributed by atoms with van der Waals surface area (Å²) in [4.78, 5) is 17.4. The number of hydrogen-bond donors (Lipinski definition) is 0. The molecule has 2 aliphatic carbocycles. The Kier molecular flexibility index (Phi) is 3.91. The Hall–Kier alpha value is -1.35. The first-order valence-electron chi connectivity index (χ1n) is 8.84. The topological polar surface area (TPSA) is 23.6 Å². The molecule has 3 heteroatoms. The maximum atomic E-state index is 12.8. The largest absolute Gasteiger partial charge is 0.340 e. The maximum Gasteiger partial charge on any atom is 0.226 e. The number of amides is 1. The first-order chi connectivity index (χ1) is 10.8. The smallest absolute Gasteiger partial charge is 0.226 e. The molecule has 3 unspecified atom stereocenters. The highest BCUT2D eigenvalue weighted by atomic mass is 16.2. The maximum absolute atomic E-state index is 12.8. The van der Waals surface area contributed by atoms with Crippen molar-refractivity contribution in [3.05, 3.63) is 35.9 Å². The molecule has 3 fully saturated rings. The molecule has 118 valence electrons. The van der Waals surface area contributed by atoms with Gasteiger partial charge in [0.25, 0.3) is 0 Å². The molecule has 1 heterocycles. The van der Waals surface area contributed by atoms with Crippen LogP contribution in [0.25, 0.3) is 0 Å². The van der Waals surface area contributed by atoms with Gasteiger partial charge < -0.3 is 4.90 Å². The van der Waals surface area contributed by atoms with Gasteiger partial charge in [-0.3, -0.25) is 9.69 Å². The number of hydrogen-bond acceptors (Lipinski definition) is 2. The lowest BCUT2D eigenvalue weighted by Crippen LogP contribution is -2.50. The van der Waals surface area contributed by atoms with Crippen LogP contribution in [-0.2, 0) is 11.3 Å². The third-order valence-electron chi connectivity index (χ3n) is 5.99. The molecule has 22 heavy (non-hydrogen) atoms. The third kappa shape index (κ3) is 2.79. The van der Waals surface area contributed by atoms with Crippen LogP contribution >= 0.6 is 0 Å². The summed E-state index contributed by atoms with van der Waals surface area (Å²) in [6, 6.07) is 10.6. The van der Waals surface area contributed by atoms with Crippen molar-refractivity contribution in [3.63, 3.8) is 0 Å². The predicted octanol–water partition coefficient (Wildman–Crippen LogP) is 2.77. The van der Waals surface area contributed by atoms with Crippen molar-refractivity contribution in [1.29, 1.82) is 0 Å². The molecule has 0 aromatic heterocycles. The molecule has 3 nitrogen and oxygen atoms in total. The van der Waals surface area contributed by atoms with Crippen molar-refractivity contribution in [3.8, 4) is 0 Å². The number of carbonyl (C=O) groups is 1. The fourth-order valence-electron chi connectivity index (χ4n) is 4.75. The van der Waals surface area contributed by atoms with E-state index in [1.807, 2.05) is 0 Å². The van der Waals surface area contributed by atoms with Gasteiger partial charge >= 0.3 is 0 Å². The van der Waals surface area contributed by atoms with E-state index in [1.54, 1.807) is 0 Å². The molecule has 1 saturated heterocycles. The summed E-state index contributed by atoms with van der Waals surface area (Å²) >= 11 is 0. The molecule has 1 amide bonds. The molecule has 1 aliphatic heterocycles. The zero-order valence-electron chi connectivity index (χ0n) is 13.3. The number of benzene rings is 1. The zero-order chi connectivity index (χ0) is 14.9. The van der Waals surface area contributed by atoms with Gasteiger partial charge in [0, 0.05) is 38.6 Å². The number of piperazine rings is 1. The average Bonchev–Trinajstić information content (AvgIpc) is 3.19. The van der Waals surface area contributed by atoms with E-state index in [-0.39, 0.29) is 0 Å². The number of rotatable bonds is 3. The van der Waals surface area contributed by atoms with E-state index in [1.165, 1.54) is 31.2 Å². The van der Waals surface area contributed by atoms with Gasteiger partial charge in [-0.05, 0) is 36.7 Å². The van der Waals surface area contributed by atoms with Crippen LogP contribution in [0, 0.1) is 17.8 Å². The highest BCUT2D eigenvalue weighted by Crippen LogP contribution is 2.48. The molecule has 3 atom stereocenters. The second-order valence-electron chi connectivity index (χ2n) is 7.37. The Morgan fingerprint density at radius 1 is 1.00 bits per heavy atom. The van der Waals surface area contributed by atoms with Gasteiger partial charge in [-0.2, -0.15) is 0 Å². The van der Waals surface area contributed by atoms with E-state index < -0.39 is 0 Å². The van der Waals surface area contributed by atoms with E-state index in [0.717, 1.165) is 38.6 Å². The molecule has 2 bridgehead atoms. The Morgan fingerprint density at radius 2 is 1.77 bits per heavy atom. The molecule has 2 saturated carbocycles. The minimum Gasteiger partial charge on any atom is -0.340 e. The van der Waals surface area contributed by atoms with E-state index in [4.69, 9.17) is 0 Å². The average molecular weight is 298 g/mol. The summed E-state index contributed by atoms with van der Waals surface area (Å²) in [7, 11) is 0. The first kappa shape index (κ1) is 14.3. The first-order valence-corrected chi connectivity index (χ1v) is 8.84. The Balaban J connectivity index is 1.29. The standard InChI is InChI=1S/C19H26N2O/c22-19(18-13-16-6-7-17(18)12-16)21-10-8-20(9-11-21)14-15-4-2-1-3-5-15/h1-5,16-18H,6-14H2. The second-order valence-corrected chi connectivity index (χ2v) is 7.37. The summed E-state index contributed by atoms with van der Waals surface area (Å²) in [6.07, 6.45) is 5.17. The monoisotopic (exact) mass is 298 g/mol. The summed E-state index contributed by atoms with van der Waals surface area (Å²) in [6.45, 7) is 4.87. The van der Waals surface area contributed by atoms with Gasteiger partial charge in [-0.25, -0.2) is 0 Å². The van der Waals surface area contributed by atoms with Crippen molar-refractivity contribution in [2.45, 2.75) is 32.2 Å². The van der Waals surface area contributed by atoms with Crippen molar-refractivity contribution >= 4 is 5.91 Å². The van der Waals surface area contributed by atoms with Crippen molar-refractivity contribution in [1.82, 2.24) is 9.80 Å². The highest BCUT2D eigenvalue weighted by molar-refractivity contribution is 5.79. The van der Waals surface area contributed by atoms with Crippen LogP contribution in [-0.4, -0.2) is 41.9 Å². The fraction of sp³-hybridized carbons (Fsp3) is 0.632. The molecule has 3 aliphatic rings. The zero-order valence-corrected chi connectivity index (χ0v) is 13.3. The summed E-state index contributed by atoms with van der Waals surface area (Å²) in [5.41, 5.74) is 1.37. The lowest BCUT2D eigenvalue weighted by molar-refractivity contribution is -0.139. The number of fused-ring (bicyclic) bond motifs is 2. The van der Waals surface area contributed by atoms with Crippen LogP contribution in [0.5, 0.6) is 0 Å². The van der Waals surface area contributed by atoms with Gasteiger partial charge in [-0.1, -0.05) is 36.8 Å². The Morgan fingerprint density at radius 3 is 2.41 bits per heavy atom. The van der Waals surface area contributed by atoms with Crippen LogP contribution in [0.2, 0.25) is 0 Å². The van der Waals surface area contributed by atoms with E-state index >= 15 is 0 Å². The molecule has 4 rings (SSSR count). The quantitative estimate of drug-likeness (QED) is 0.856. The summed E-state index contributed by atoms with van der Waals surface area (Å²) in [5.74, 6) is 2.39.